The monoisotopic (exact) mass is 220 g/mol. The summed E-state index contributed by atoms with van der Waals surface area (Å²) in [5.41, 5.74) is 2.34. The molecule has 0 saturated heterocycles. The van der Waals surface area contributed by atoms with Gasteiger partial charge in [-0.3, -0.25) is 4.79 Å². The van der Waals surface area contributed by atoms with Crippen molar-refractivity contribution in [2.24, 2.45) is 0 Å². The highest BCUT2D eigenvalue weighted by atomic mass is 16.5. The predicted molar refractivity (Wildman–Crippen MR) is 65.6 cm³/mol. The van der Waals surface area contributed by atoms with E-state index in [-0.39, 0.29) is 11.9 Å². The minimum absolute atomic E-state index is 0.133. The van der Waals surface area contributed by atoms with Gasteiger partial charge in [-0.15, -0.1) is 0 Å². The summed E-state index contributed by atoms with van der Waals surface area (Å²) in [6.45, 7) is 6.32. The van der Waals surface area contributed by atoms with Crippen LogP contribution in [-0.2, 0) is 9.53 Å². The van der Waals surface area contributed by atoms with Gasteiger partial charge < -0.3 is 4.74 Å². The molecule has 0 N–H and O–H groups in total. The van der Waals surface area contributed by atoms with Crippen LogP contribution in [0, 0.1) is 0 Å². The molecule has 0 radical (unpaired) electrons. The minimum atomic E-state index is -0.153. The lowest BCUT2D eigenvalue weighted by molar-refractivity contribution is -0.142. The summed E-state index contributed by atoms with van der Waals surface area (Å²) in [7, 11) is 1.44. The Morgan fingerprint density at radius 2 is 1.69 bits per heavy atom. The lowest BCUT2D eigenvalue weighted by Crippen LogP contribution is -2.13. The summed E-state index contributed by atoms with van der Waals surface area (Å²) in [5.74, 6) is 0.235. The van der Waals surface area contributed by atoms with Crippen molar-refractivity contribution in [2.75, 3.05) is 7.11 Å². The number of carbonyl (C=O) groups excluding carboxylic acids is 1. The topological polar surface area (TPSA) is 26.3 Å². The number of rotatable bonds is 4. The van der Waals surface area contributed by atoms with E-state index in [4.69, 9.17) is 4.74 Å². The molecule has 0 aliphatic rings. The number of benzene rings is 1. The lowest BCUT2D eigenvalue weighted by Gasteiger charge is -2.14. The summed E-state index contributed by atoms with van der Waals surface area (Å²) in [6.07, 6.45) is 0.772. The van der Waals surface area contributed by atoms with Gasteiger partial charge in [0.15, 0.2) is 0 Å². The smallest absolute Gasteiger partial charge is 0.313 e. The third kappa shape index (κ3) is 2.84. The van der Waals surface area contributed by atoms with Crippen molar-refractivity contribution in [3.8, 4) is 0 Å². The van der Waals surface area contributed by atoms with Crippen molar-refractivity contribution < 1.29 is 9.53 Å². The van der Waals surface area contributed by atoms with Gasteiger partial charge in [-0.1, -0.05) is 45.0 Å². The number of hydrogen-bond acceptors (Lipinski definition) is 2. The van der Waals surface area contributed by atoms with Crippen LogP contribution in [0.15, 0.2) is 24.3 Å². The van der Waals surface area contributed by atoms with Crippen molar-refractivity contribution >= 4 is 5.97 Å². The molecule has 0 amide bonds. The quantitative estimate of drug-likeness (QED) is 0.726. The number of ether oxygens (including phenoxy) is 1. The third-order valence-corrected chi connectivity index (χ3v) is 2.90. The first kappa shape index (κ1) is 12.8. The van der Waals surface area contributed by atoms with Crippen LogP contribution < -0.4 is 0 Å². The van der Waals surface area contributed by atoms with E-state index in [0.29, 0.717) is 5.92 Å². The molecule has 88 valence electrons. The second-order valence-corrected chi connectivity index (χ2v) is 4.31. The molecule has 0 saturated carbocycles. The van der Waals surface area contributed by atoms with Gasteiger partial charge in [0, 0.05) is 0 Å². The maximum atomic E-state index is 11.5. The molecule has 0 aliphatic heterocycles. The highest BCUT2D eigenvalue weighted by Gasteiger charge is 2.18. The number of esters is 1. The number of carbonyl (C=O) groups is 1. The fourth-order valence-electron chi connectivity index (χ4n) is 1.79. The van der Waals surface area contributed by atoms with Gasteiger partial charge in [-0.05, 0) is 23.5 Å². The largest absolute Gasteiger partial charge is 0.469 e. The van der Waals surface area contributed by atoms with Crippen LogP contribution in [0.25, 0.3) is 0 Å². The SMILES string of the molecule is CCC(C(=O)OC)c1ccc(C(C)C)cc1. The van der Waals surface area contributed by atoms with E-state index in [1.807, 2.05) is 19.1 Å². The molecule has 1 rings (SSSR count). The minimum Gasteiger partial charge on any atom is -0.469 e. The van der Waals surface area contributed by atoms with E-state index in [9.17, 15) is 4.79 Å². The van der Waals surface area contributed by atoms with Crippen molar-refractivity contribution in [1.82, 2.24) is 0 Å². The van der Waals surface area contributed by atoms with Crippen molar-refractivity contribution in [3.63, 3.8) is 0 Å². The Balaban J connectivity index is 2.90. The Morgan fingerprint density at radius 3 is 2.06 bits per heavy atom. The van der Waals surface area contributed by atoms with E-state index in [1.165, 1.54) is 12.7 Å². The fourth-order valence-corrected chi connectivity index (χ4v) is 1.79. The number of hydrogen-bond donors (Lipinski definition) is 0. The maximum Gasteiger partial charge on any atom is 0.313 e. The Morgan fingerprint density at radius 1 is 1.19 bits per heavy atom. The highest BCUT2D eigenvalue weighted by Crippen LogP contribution is 2.23. The first-order valence-corrected chi connectivity index (χ1v) is 5.77. The molecule has 0 spiro atoms. The predicted octanol–water partition coefficient (Wildman–Crippen LogP) is 3.48. The van der Waals surface area contributed by atoms with Crippen LogP contribution in [-0.4, -0.2) is 13.1 Å². The van der Waals surface area contributed by atoms with E-state index >= 15 is 0 Å². The van der Waals surface area contributed by atoms with Crippen LogP contribution in [0.4, 0.5) is 0 Å². The Kier molecular flexibility index (Phi) is 4.53. The molecule has 1 atom stereocenters. The summed E-state index contributed by atoms with van der Waals surface area (Å²) in [6, 6.07) is 8.23. The van der Waals surface area contributed by atoms with Crippen LogP contribution in [0.5, 0.6) is 0 Å². The molecular formula is C14H20O2. The Labute approximate surface area is 97.6 Å². The van der Waals surface area contributed by atoms with Crippen LogP contribution in [0.2, 0.25) is 0 Å². The van der Waals surface area contributed by atoms with Gasteiger partial charge in [0.2, 0.25) is 0 Å². The van der Waals surface area contributed by atoms with Gasteiger partial charge >= 0.3 is 5.97 Å². The first-order chi connectivity index (χ1) is 7.60. The molecule has 0 aromatic heterocycles. The third-order valence-electron chi connectivity index (χ3n) is 2.90. The average Bonchev–Trinajstić information content (AvgIpc) is 2.30. The second-order valence-electron chi connectivity index (χ2n) is 4.31. The molecule has 1 aromatic carbocycles. The number of methoxy groups -OCH3 is 1. The van der Waals surface area contributed by atoms with Crippen LogP contribution in [0.3, 0.4) is 0 Å². The zero-order valence-electron chi connectivity index (χ0n) is 10.5. The molecular weight excluding hydrogens is 200 g/mol. The summed E-state index contributed by atoms with van der Waals surface area (Å²) >= 11 is 0. The van der Waals surface area contributed by atoms with Gasteiger partial charge in [-0.2, -0.15) is 0 Å². The Hall–Kier alpha value is -1.31. The van der Waals surface area contributed by atoms with Crippen molar-refractivity contribution in [1.29, 1.82) is 0 Å². The molecule has 0 heterocycles. The van der Waals surface area contributed by atoms with E-state index < -0.39 is 0 Å². The van der Waals surface area contributed by atoms with Crippen molar-refractivity contribution in [2.45, 2.75) is 39.0 Å². The van der Waals surface area contributed by atoms with Gasteiger partial charge in [0.05, 0.1) is 13.0 Å². The fraction of sp³-hybridized carbons (Fsp3) is 0.500. The first-order valence-electron chi connectivity index (χ1n) is 5.77. The van der Waals surface area contributed by atoms with E-state index in [2.05, 4.69) is 26.0 Å². The van der Waals surface area contributed by atoms with Gasteiger partial charge in [0.25, 0.3) is 0 Å². The normalized spacial score (nSPS) is 12.6. The Bertz CT molecular complexity index is 338. The summed E-state index contributed by atoms with van der Waals surface area (Å²) < 4.78 is 4.80. The van der Waals surface area contributed by atoms with E-state index in [0.717, 1.165) is 12.0 Å². The summed E-state index contributed by atoms with van der Waals surface area (Å²) in [4.78, 5) is 11.5. The van der Waals surface area contributed by atoms with E-state index in [1.54, 1.807) is 0 Å². The molecule has 2 heteroatoms. The van der Waals surface area contributed by atoms with Gasteiger partial charge in [-0.25, -0.2) is 0 Å². The standard InChI is InChI=1S/C14H20O2/c1-5-13(14(15)16-4)12-8-6-11(7-9-12)10(2)3/h6-10,13H,5H2,1-4H3. The molecule has 0 bridgehead atoms. The molecule has 1 aromatic rings. The van der Waals surface area contributed by atoms with Crippen LogP contribution >= 0.6 is 0 Å². The molecule has 16 heavy (non-hydrogen) atoms. The van der Waals surface area contributed by atoms with Crippen molar-refractivity contribution in [3.05, 3.63) is 35.4 Å². The molecule has 0 aliphatic carbocycles. The molecule has 1 unspecified atom stereocenters. The maximum absolute atomic E-state index is 11.5. The second kappa shape index (κ2) is 5.69. The highest BCUT2D eigenvalue weighted by molar-refractivity contribution is 5.77. The molecule has 2 nitrogen and oxygen atoms in total. The summed E-state index contributed by atoms with van der Waals surface area (Å²) in [5, 5.41) is 0. The van der Waals surface area contributed by atoms with Crippen LogP contribution in [0.1, 0.15) is 50.2 Å². The zero-order valence-corrected chi connectivity index (χ0v) is 10.5. The average molecular weight is 220 g/mol. The zero-order chi connectivity index (χ0) is 12.1. The van der Waals surface area contributed by atoms with Gasteiger partial charge in [0.1, 0.15) is 0 Å². The lowest BCUT2D eigenvalue weighted by atomic mass is 9.93. The molecule has 0 fully saturated rings.